The van der Waals surface area contributed by atoms with E-state index in [1.54, 1.807) is 0 Å². The SMILES string of the molecule is CCC(CO)Sc1nc(-c2ccccc2)c(-c2ccccc2)o1. The smallest absolute Gasteiger partial charge is 0.257 e. The van der Waals surface area contributed by atoms with Crippen LogP contribution in [-0.4, -0.2) is 21.9 Å². The minimum absolute atomic E-state index is 0.0981. The zero-order valence-electron chi connectivity index (χ0n) is 13.0. The van der Waals surface area contributed by atoms with Gasteiger partial charge in [0.15, 0.2) is 5.76 Å². The summed E-state index contributed by atoms with van der Waals surface area (Å²) in [6, 6.07) is 20.0. The number of nitrogens with zero attached hydrogens (tertiary/aromatic N) is 1. The molecule has 23 heavy (non-hydrogen) atoms. The molecule has 3 nitrogen and oxygen atoms in total. The second-order valence-electron chi connectivity index (χ2n) is 5.22. The lowest BCUT2D eigenvalue weighted by Crippen LogP contribution is -2.05. The average molecular weight is 325 g/mol. The number of aromatic nitrogens is 1. The average Bonchev–Trinajstić information content (AvgIpc) is 3.05. The van der Waals surface area contributed by atoms with E-state index >= 15 is 0 Å². The predicted molar refractivity (Wildman–Crippen MR) is 94.4 cm³/mol. The Balaban J connectivity index is 2.04. The zero-order valence-corrected chi connectivity index (χ0v) is 13.8. The van der Waals surface area contributed by atoms with Crippen LogP contribution in [0.5, 0.6) is 0 Å². The van der Waals surface area contributed by atoms with Crippen molar-refractivity contribution in [3.63, 3.8) is 0 Å². The van der Waals surface area contributed by atoms with Gasteiger partial charge in [-0.25, -0.2) is 4.98 Å². The van der Waals surface area contributed by atoms with Gasteiger partial charge in [-0.05, 0) is 6.42 Å². The molecule has 0 fully saturated rings. The van der Waals surface area contributed by atoms with Gasteiger partial charge in [0, 0.05) is 16.4 Å². The minimum atomic E-state index is 0.0981. The molecule has 0 bridgehead atoms. The van der Waals surface area contributed by atoms with E-state index in [0.717, 1.165) is 29.0 Å². The molecule has 118 valence electrons. The van der Waals surface area contributed by atoms with Gasteiger partial charge in [-0.2, -0.15) is 0 Å². The second kappa shape index (κ2) is 7.49. The van der Waals surface area contributed by atoms with Crippen molar-refractivity contribution in [2.24, 2.45) is 0 Å². The fourth-order valence-electron chi connectivity index (χ4n) is 2.32. The molecule has 0 amide bonds. The lowest BCUT2D eigenvalue weighted by molar-refractivity contribution is 0.291. The number of thioether (sulfide) groups is 1. The number of aliphatic hydroxyl groups excluding tert-OH is 1. The quantitative estimate of drug-likeness (QED) is 0.657. The van der Waals surface area contributed by atoms with Gasteiger partial charge in [0.05, 0.1) is 6.61 Å². The molecule has 1 N–H and O–H groups in total. The highest BCUT2D eigenvalue weighted by Gasteiger charge is 2.19. The van der Waals surface area contributed by atoms with E-state index in [4.69, 9.17) is 4.42 Å². The third kappa shape index (κ3) is 3.66. The molecule has 0 aliphatic rings. The Bertz CT molecular complexity index is 680. The van der Waals surface area contributed by atoms with Gasteiger partial charge >= 0.3 is 0 Å². The van der Waals surface area contributed by atoms with Crippen molar-refractivity contribution in [3.05, 3.63) is 60.7 Å². The van der Waals surface area contributed by atoms with Crippen LogP contribution in [0.3, 0.4) is 0 Å². The first-order valence-corrected chi connectivity index (χ1v) is 8.59. The molecule has 0 aliphatic heterocycles. The van der Waals surface area contributed by atoms with E-state index < -0.39 is 0 Å². The number of rotatable bonds is 6. The summed E-state index contributed by atoms with van der Waals surface area (Å²) in [5, 5.41) is 10.1. The fraction of sp³-hybridized carbons (Fsp3) is 0.211. The lowest BCUT2D eigenvalue weighted by Gasteiger charge is -2.06. The topological polar surface area (TPSA) is 46.3 Å². The molecule has 0 spiro atoms. The molecular weight excluding hydrogens is 306 g/mol. The number of benzene rings is 2. The largest absolute Gasteiger partial charge is 0.431 e. The number of aliphatic hydroxyl groups is 1. The summed E-state index contributed by atoms with van der Waals surface area (Å²) < 4.78 is 6.03. The standard InChI is InChI=1S/C19H19NO2S/c1-2-16(13-21)23-19-20-17(14-9-5-3-6-10-14)18(22-19)15-11-7-4-8-12-15/h3-12,16,21H,2,13H2,1H3. The van der Waals surface area contributed by atoms with Crippen molar-refractivity contribution < 1.29 is 9.52 Å². The van der Waals surface area contributed by atoms with Crippen LogP contribution < -0.4 is 0 Å². The Morgan fingerprint density at radius 2 is 1.61 bits per heavy atom. The molecule has 1 heterocycles. The van der Waals surface area contributed by atoms with Crippen LogP contribution in [0.15, 0.2) is 70.3 Å². The maximum atomic E-state index is 9.41. The van der Waals surface area contributed by atoms with E-state index in [9.17, 15) is 5.11 Å². The van der Waals surface area contributed by atoms with Crippen LogP contribution in [0, 0.1) is 0 Å². The third-order valence-electron chi connectivity index (χ3n) is 3.62. The van der Waals surface area contributed by atoms with Gasteiger partial charge in [0.2, 0.25) is 0 Å². The third-order valence-corrected chi connectivity index (χ3v) is 4.81. The molecule has 2 aromatic carbocycles. The number of hydrogen-bond acceptors (Lipinski definition) is 4. The van der Waals surface area contributed by atoms with E-state index in [-0.39, 0.29) is 11.9 Å². The van der Waals surface area contributed by atoms with Crippen LogP contribution in [0.2, 0.25) is 0 Å². The van der Waals surface area contributed by atoms with Crippen molar-refractivity contribution in [1.82, 2.24) is 4.98 Å². The maximum Gasteiger partial charge on any atom is 0.257 e. The van der Waals surface area contributed by atoms with Crippen LogP contribution >= 0.6 is 11.8 Å². The van der Waals surface area contributed by atoms with Crippen LogP contribution in [-0.2, 0) is 0 Å². The number of hydrogen-bond donors (Lipinski definition) is 1. The first-order valence-electron chi connectivity index (χ1n) is 7.71. The van der Waals surface area contributed by atoms with E-state index in [1.165, 1.54) is 11.8 Å². The summed E-state index contributed by atoms with van der Waals surface area (Å²) in [7, 11) is 0. The van der Waals surface area contributed by atoms with Gasteiger partial charge in [-0.15, -0.1) is 0 Å². The highest BCUT2D eigenvalue weighted by molar-refractivity contribution is 7.99. The molecule has 1 unspecified atom stereocenters. The van der Waals surface area contributed by atoms with Gasteiger partial charge in [0.25, 0.3) is 5.22 Å². The molecule has 0 saturated carbocycles. The maximum absolute atomic E-state index is 9.41. The van der Waals surface area contributed by atoms with Crippen molar-refractivity contribution in [3.8, 4) is 22.6 Å². The minimum Gasteiger partial charge on any atom is -0.431 e. The predicted octanol–water partition coefficient (Wildman–Crippen LogP) is 4.87. The van der Waals surface area contributed by atoms with Gasteiger partial charge < -0.3 is 9.52 Å². The number of oxazole rings is 1. The molecule has 3 rings (SSSR count). The Kier molecular flexibility index (Phi) is 5.16. The van der Waals surface area contributed by atoms with Gasteiger partial charge in [-0.1, -0.05) is 79.3 Å². The summed E-state index contributed by atoms with van der Waals surface area (Å²) in [6.45, 7) is 2.16. The van der Waals surface area contributed by atoms with Crippen molar-refractivity contribution in [2.75, 3.05) is 6.61 Å². The molecular formula is C19H19NO2S. The Labute approximate surface area is 140 Å². The molecule has 1 atom stereocenters. The molecule has 1 aromatic heterocycles. The Morgan fingerprint density at radius 1 is 1.00 bits per heavy atom. The first kappa shape index (κ1) is 15.8. The van der Waals surface area contributed by atoms with E-state index in [1.807, 2.05) is 67.6 Å². The summed E-state index contributed by atoms with van der Waals surface area (Å²) >= 11 is 1.49. The fourth-order valence-corrected chi connectivity index (χ4v) is 3.12. The summed E-state index contributed by atoms with van der Waals surface area (Å²) in [5.41, 5.74) is 2.87. The van der Waals surface area contributed by atoms with Crippen LogP contribution in [0.4, 0.5) is 0 Å². The van der Waals surface area contributed by atoms with Gasteiger partial charge in [0.1, 0.15) is 5.69 Å². The highest BCUT2D eigenvalue weighted by atomic mass is 32.2. The summed E-state index contributed by atoms with van der Waals surface area (Å²) in [6.07, 6.45) is 0.866. The monoisotopic (exact) mass is 325 g/mol. The molecule has 0 radical (unpaired) electrons. The zero-order chi connectivity index (χ0) is 16.1. The van der Waals surface area contributed by atoms with Crippen LogP contribution in [0.1, 0.15) is 13.3 Å². The molecule has 0 aliphatic carbocycles. The lowest BCUT2D eigenvalue weighted by atomic mass is 10.1. The van der Waals surface area contributed by atoms with Gasteiger partial charge in [-0.3, -0.25) is 0 Å². The van der Waals surface area contributed by atoms with Crippen molar-refractivity contribution in [1.29, 1.82) is 0 Å². The molecule has 3 aromatic rings. The Hall–Kier alpha value is -2.04. The normalized spacial score (nSPS) is 12.3. The molecule has 0 saturated heterocycles. The summed E-state index contributed by atoms with van der Waals surface area (Å²) in [5.74, 6) is 0.770. The Morgan fingerprint density at radius 3 is 2.17 bits per heavy atom. The van der Waals surface area contributed by atoms with E-state index in [2.05, 4.69) is 4.98 Å². The van der Waals surface area contributed by atoms with Crippen molar-refractivity contribution >= 4 is 11.8 Å². The summed E-state index contributed by atoms with van der Waals surface area (Å²) in [4.78, 5) is 4.68. The van der Waals surface area contributed by atoms with Crippen LogP contribution in [0.25, 0.3) is 22.6 Å². The first-order chi connectivity index (χ1) is 11.3. The highest BCUT2D eigenvalue weighted by Crippen LogP contribution is 2.36. The van der Waals surface area contributed by atoms with Crippen molar-refractivity contribution in [2.45, 2.75) is 23.8 Å². The van der Waals surface area contributed by atoms with E-state index in [0.29, 0.717) is 5.22 Å². The molecule has 4 heteroatoms. The second-order valence-corrected chi connectivity index (χ2v) is 6.47.